The molecule has 0 aliphatic carbocycles. The molecule has 1 atom stereocenters. The van der Waals surface area contributed by atoms with Crippen LogP contribution in [0.15, 0.2) is 12.1 Å². The Labute approximate surface area is 97.2 Å². The molecule has 1 aromatic carbocycles. The smallest absolute Gasteiger partial charge is 0.309 e. The second-order valence-corrected chi connectivity index (χ2v) is 3.56. The fraction of sp³-hybridized carbons (Fsp3) is 0.364. The molecular weight excluding hydrogens is 232 g/mol. The minimum absolute atomic E-state index is 0.0829. The number of nitrogens with one attached hydrogen (secondary N) is 1. The third-order valence-electron chi connectivity index (χ3n) is 2.20. The third kappa shape index (κ3) is 3.30. The highest BCUT2D eigenvalue weighted by Crippen LogP contribution is 2.27. The molecule has 4 nitrogen and oxygen atoms in total. The molecule has 0 aliphatic heterocycles. The lowest BCUT2D eigenvalue weighted by atomic mass is 10.2. The predicted molar refractivity (Wildman–Crippen MR) is 58.2 cm³/mol. The van der Waals surface area contributed by atoms with Gasteiger partial charge in [0.15, 0.2) is 11.6 Å². The number of carbonyl (C=O) groups is 1. The van der Waals surface area contributed by atoms with E-state index in [4.69, 9.17) is 9.84 Å². The lowest BCUT2D eigenvalue weighted by molar-refractivity contribution is -0.142. The van der Waals surface area contributed by atoms with Gasteiger partial charge in [0.1, 0.15) is 12.4 Å². The Balaban J connectivity index is 2.83. The van der Waals surface area contributed by atoms with Gasteiger partial charge < -0.3 is 15.2 Å². The Kier molecular flexibility index (Phi) is 4.25. The lowest BCUT2D eigenvalue weighted by Crippen LogP contribution is -2.18. The van der Waals surface area contributed by atoms with Crippen molar-refractivity contribution in [3.8, 4) is 5.75 Å². The second-order valence-electron chi connectivity index (χ2n) is 3.56. The number of aliphatic carboxylic acids is 1. The summed E-state index contributed by atoms with van der Waals surface area (Å²) in [5, 5.41) is 11.3. The zero-order valence-electron chi connectivity index (χ0n) is 9.46. The number of ether oxygens (including phenoxy) is 1. The van der Waals surface area contributed by atoms with Gasteiger partial charge in [0.05, 0.1) is 11.6 Å². The highest BCUT2D eigenvalue weighted by atomic mass is 19.2. The Morgan fingerprint density at radius 1 is 1.47 bits per heavy atom. The van der Waals surface area contributed by atoms with Gasteiger partial charge in [-0.3, -0.25) is 4.79 Å². The third-order valence-corrected chi connectivity index (χ3v) is 2.20. The van der Waals surface area contributed by atoms with Crippen molar-refractivity contribution < 1.29 is 23.4 Å². The van der Waals surface area contributed by atoms with Crippen LogP contribution in [0, 0.1) is 17.6 Å². The largest absolute Gasteiger partial charge is 0.490 e. The van der Waals surface area contributed by atoms with Gasteiger partial charge in [0.2, 0.25) is 0 Å². The number of anilines is 1. The Hall–Kier alpha value is -1.85. The van der Waals surface area contributed by atoms with E-state index in [1.807, 2.05) is 0 Å². The summed E-state index contributed by atoms with van der Waals surface area (Å²) in [5.74, 6) is -3.69. The van der Waals surface area contributed by atoms with Crippen LogP contribution < -0.4 is 10.1 Å². The number of halogens is 2. The van der Waals surface area contributed by atoms with E-state index >= 15 is 0 Å². The summed E-state index contributed by atoms with van der Waals surface area (Å²) in [5.41, 5.74) is 0.265. The van der Waals surface area contributed by atoms with Crippen LogP contribution in [-0.2, 0) is 4.79 Å². The molecule has 0 bridgehead atoms. The average molecular weight is 245 g/mol. The Morgan fingerprint density at radius 2 is 2.06 bits per heavy atom. The number of hydrogen-bond acceptors (Lipinski definition) is 3. The summed E-state index contributed by atoms with van der Waals surface area (Å²) in [4.78, 5) is 10.6. The fourth-order valence-corrected chi connectivity index (χ4v) is 1.13. The first-order chi connectivity index (χ1) is 7.95. The molecule has 17 heavy (non-hydrogen) atoms. The van der Waals surface area contributed by atoms with E-state index in [2.05, 4.69) is 5.32 Å². The van der Waals surface area contributed by atoms with E-state index in [-0.39, 0.29) is 18.0 Å². The van der Waals surface area contributed by atoms with Gasteiger partial charge in [0.25, 0.3) is 0 Å². The standard InChI is InChI=1S/C11H13F2NO3/c1-6(11(15)16)5-17-10-4-8(13)7(12)3-9(10)14-2/h3-4,6,14H,5H2,1-2H3,(H,15,16). The molecule has 0 heterocycles. The molecule has 0 radical (unpaired) electrons. The number of benzene rings is 1. The van der Waals surface area contributed by atoms with Gasteiger partial charge >= 0.3 is 5.97 Å². The van der Waals surface area contributed by atoms with Crippen LogP contribution in [0.5, 0.6) is 5.75 Å². The Morgan fingerprint density at radius 3 is 2.59 bits per heavy atom. The van der Waals surface area contributed by atoms with E-state index in [9.17, 15) is 13.6 Å². The SMILES string of the molecule is CNc1cc(F)c(F)cc1OCC(C)C(=O)O. The monoisotopic (exact) mass is 245 g/mol. The molecule has 2 N–H and O–H groups in total. The van der Waals surface area contributed by atoms with Crippen LogP contribution in [0.4, 0.5) is 14.5 Å². The number of hydrogen-bond donors (Lipinski definition) is 2. The van der Waals surface area contributed by atoms with Crippen molar-refractivity contribution in [3.05, 3.63) is 23.8 Å². The summed E-state index contributed by atoms with van der Waals surface area (Å²) in [6.07, 6.45) is 0. The number of rotatable bonds is 5. The minimum Gasteiger partial charge on any atom is -0.490 e. The highest BCUT2D eigenvalue weighted by Gasteiger charge is 2.14. The van der Waals surface area contributed by atoms with E-state index in [0.29, 0.717) is 0 Å². The van der Waals surface area contributed by atoms with Crippen molar-refractivity contribution in [2.75, 3.05) is 19.0 Å². The summed E-state index contributed by atoms with van der Waals surface area (Å²) in [6.45, 7) is 1.34. The molecule has 0 fully saturated rings. The lowest BCUT2D eigenvalue weighted by Gasteiger charge is -2.13. The molecule has 0 aromatic heterocycles. The van der Waals surface area contributed by atoms with E-state index < -0.39 is 23.5 Å². The molecule has 94 valence electrons. The predicted octanol–water partition coefficient (Wildman–Crippen LogP) is 2.11. The Bertz CT molecular complexity index is 423. The number of carboxylic acids is 1. The minimum atomic E-state index is -1.04. The molecule has 0 saturated carbocycles. The first-order valence-corrected chi connectivity index (χ1v) is 4.98. The first kappa shape index (κ1) is 13.2. The maximum absolute atomic E-state index is 13.0. The van der Waals surface area contributed by atoms with Gasteiger partial charge in [-0.15, -0.1) is 0 Å². The summed E-state index contributed by atoms with van der Waals surface area (Å²) in [7, 11) is 1.53. The molecule has 1 aromatic rings. The zero-order valence-corrected chi connectivity index (χ0v) is 9.46. The van der Waals surface area contributed by atoms with Gasteiger partial charge in [-0.1, -0.05) is 0 Å². The van der Waals surface area contributed by atoms with Crippen LogP contribution in [0.1, 0.15) is 6.92 Å². The topological polar surface area (TPSA) is 58.6 Å². The quantitative estimate of drug-likeness (QED) is 0.834. The van der Waals surface area contributed by atoms with Gasteiger partial charge in [0, 0.05) is 19.2 Å². The van der Waals surface area contributed by atoms with Crippen molar-refractivity contribution in [1.29, 1.82) is 0 Å². The van der Waals surface area contributed by atoms with E-state index in [0.717, 1.165) is 12.1 Å². The summed E-state index contributed by atoms with van der Waals surface area (Å²) in [6, 6.07) is 1.84. The molecule has 0 spiro atoms. The first-order valence-electron chi connectivity index (χ1n) is 4.98. The maximum atomic E-state index is 13.0. The number of carboxylic acid groups (broad SMARTS) is 1. The average Bonchev–Trinajstić information content (AvgIpc) is 2.29. The van der Waals surface area contributed by atoms with E-state index in [1.165, 1.54) is 14.0 Å². The maximum Gasteiger partial charge on any atom is 0.309 e. The van der Waals surface area contributed by atoms with Crippen LogP contribution in [0.3, 0.4) is 0 Å². The van der Waals surface area contributed by atoms with Crippen molar-refractivity contribution in [1.82, 2.24) is 0 Å². The molecule has 1 unspecified atom stereocenters. The summed E-state index contributed by atoms with van der Waals surface area (Å²) >= 11 is 0. The van der Waals surface area contributed by atoms with Gasteiger partial charge in [-0.05, 0) is 6.92 Å². The normalized spacial score (nSPS) is 12.0. The van der Waals surface area contributed by atoms with Gasteiger partial charge in [-0.25, -0.2) is 8.78 Å². The molecule has 0 aliphatic rings. The van der Waals surface area contributed by atoms with E-state index in [1.54, 1.807) is 0 Å². The molecular formula is C11H13F2NO3. The summed E-state index contributed by atoms with van der Waals surface area (Å²) < 4.78 is 31.0. The molecule has 1 rings (SSSR count). The van der Waals surface area contributed by atoms with Crippen LogP contribution in [0.2, 0.25) is 0 Å². The van der Waals surface area contributed by atoms with Crippen molar-refractivity contribution in [3.63, 3.8) is 0 Å². The van der Waals surface area contributed by atoms with Gasteiger partial charge in [-0.2, -0.15) is 0 Å². The van der Waals surface area contributed by atoms with Crippen LogP contribution >= 0.6 is 0 Å². The van der Waals surface area contributed by atoms with Crippen molar-refractivity contribution in [2.45, 2.75) is 6.92 Å². The van der Waals surface area contributed by atoms with Crippen molar-refractivity contribution >= 4 is 11.7 Å². The van der Waals surface area contributed by atoms with Crippen molar-refractivity contribution in [2.24, 2.45) is 5.92 Å². The second kappa shape index (κ2) is 5.47. The molecule has 0 amide bonds. The zero-order chi connectivity index (χ0) is 13.0. The molecule has 6 heteroatoms. The van der Waals surface area contributed by atoms with Crippen LogP contribution in [0.25, 0.3) is 0 Å². The highest BCUT2D eigenvalue weighted by molar-refractivity contribution is 5.69. The van der Waals surface area contributed by atoms with Crippen LogP contribution in [-0.4, -0.2) is 24.7 Å². The molecule has 0 saturated heterocycles. The fourth-order valence-electron chi connectivity index (χ4n) is 1.13.